The Morgan fingerprint density at radius 2 is 0.608 bits per heavy atom. The summed E-state index contributed by atoms with van der Waals surface area (Å²) in [6, 6.07) is 110. The van der Waals surface area contributed by atoms with Gasteiger partial charge in [0, 0.05) is 61.5 Å². The van der Waals surface area contributed by atoms with E-state index in [2.05, 4.69) is 233 Å². The van der Waals surface area contributed by atoms with Gasteiger partial charge >= 0.3 is 14.2 Å². The minimum absolute atomic E-state index is 0. The fourth-order valence-electron chi connectivity index (χ4n) is 16.0. The molecule has 616 valence electrons. The minimum atomic E-state index is -0.775. The zero-order valence-corrected chi connectivity index (χ0v) is 70.5. The maximum atomic E-state index is 15.1. The highest BCUT2D eigenvalue weighted by molar-refractivity contribution is 9.10. The molecule has 17 aromatic rings. The van der Waals surface area contributed by atoms with Gasteiger partial charge in [-0.05, 0) is 240 Å². The first-order valence-corrected chi connectivity index (χ1v) is 40.8. The van der Waals surface area contributed by atoms with Crippen LogP contribution in [0.2, 0.25) is 6.82 Å². The summed E-state index contributed by atoms with van der Waals surface area (Å²) in [5, 5.41) is 62.8. The molecule has 2 saturated heterocycles. The van der Waals surface area contributed by atoms with Gasteiger partial charge < -0.3 is 32.3 Å². The highest BCUT2D eigenvalue weighted by atomic mass is 79.9. The van der Waals surface area contributed by atoms with E-state index < -0.39 is 30.0 Å². The lowest BCUT2D eigenvalue weighted by Gasteiger charge is -2.32. The molecule has 0 saturated carbocycles. The van der Waals surface area contributed by atoms with Gasteiger partial charge in [-0.3, -0.25) is 0 Å². The van der Waals surface area contributed by atoms with E-state index in [-0.39, 0.29) is 51.4 Å². The molecule has 19 heteroatoms. The van der Waals surface area contributed by atoms with Crippen LogP contribution in [-0.2, 0) is 25.0 Å². The van der Waals surface area contributed by atoms with E-state index in [1.807, 2.05) is 132 Å². The van der Waals surface area contributed by atoms with Crippen LogP contribution in [0.5, 0.6) is 0 Å². The zero-order valence-electron chi connectivity index (χ0n) is 68.9. The first kappa shape index (κ1) is 88.4. The first-order chi connectivity index (χ1) is 59.3. The standard InChI is InChI=1S/C38H22N4.C26H14FN3.C13H15BFNO2.C13H10.C7H15BO2.C7H3BrFN.2CH4.H2/c39-23-25-17-19-37(41-33-13-5-1-9-27(33)28-10-2-6-14-34(28)41)31(21-25)32-22-26(24-40)18-20-38(32)42-35-15-7-3-11-29(35)30-12-4-8-16-36(30)42;27-26-18(16-29)6-5-9-21(26)22-14-17(15-28)12-13-25(22)30-23-10-3-1-7-19(23)20-8-2-4-11-24(20)30;1-12(2)13(3,4)18-14(17-12)10-7-9(8-16)5-6-11(10)15;1-3-7-12-10(5-1)9-11-6-2-4-8-13(11)12;1-6(2)7(3,4)10-8(5)9-6;8-6-3-5(4-10)1-2-7(6)9;;;/h1-22H;1-14H;5-7H,1-4H3;1-8H,9H2;1-5H3;1-3H;2*1H4;1H. The number of halogens is 4. The van der Waals surface area contributed by atoms with Gasteiger partial charge in [-0.15, -0.1) is 0 Å². The van der Waals surface area contributed by atoms with E-state index in [4.69, 9.17) is 29.1 Å². The summed E-state index contributed by atoms with van der Waals surface area (Å²) in [6.45, 7) is 17.7. The molecule has 20 rings (SSSR count). The first-order valence-electron chi connectivity index (χ1n) is 40.0. The molecule has 2 aliphatic heterocycles. The summed E-state index contributed by atoms with van der Waals surface area (Å²) in [4.78, 5) is 0. The van der Waals surface area contributed by atoms with Crippen LogP contribution in [0.15, 0.2) is 308 Å². The van der Waals surface area contributed by atoms with Crippen molar-refractivity contribution in [3.63, 3.8) is 0 Å². The molecule has 0 N–H and O–H groups in total. The molecule has 0 radical (unpaired) electrons. The number of nitriles is 6. The molecule has 0 bridgehead atoms. The molecule has 125 heavy (non-hydrogen) atoms. The molecule has 13 nitrogen and oxygen atoms in total. The van der Waals surface area contributed by atoms with Gasteiger partial charge in [0.15, 0.2) is 0 Å². The van der Waals surface area contributed by atoms with Crippen molar-refractivity contribution in [1.82, 2.24) is 13.7 Å². The van der Waals surface area contributed by atoms with Gasteiger partial charge in [0.2, 0.25) is 0 Å². The third-order valence-electron chi connectivity index (χ3n) is 23.3. The maximum absolute atomic E-state index is 15.1. The van der Waals surface area contributed by atoms with E-state index in [0.29, 0.717) is 43.4 Å². The number of hydrogen-bond donors (Lipinski definition) is 0. The molecule has 14 aromatic carbocycles. The maximum Gasteiger partial charge on any atom is 0.497 e. The molecule has 0 amide bonds. The number of para-hydroxylation sites is 6. The lowest BCUT2D eigenvalue weighted by molar-refractivity contribution is 0.00578. The number of nitrogens with zero attached hydrogens (tertiary/aromatic N) is 9. The fraction of sp³-hybridized carbons (Fsp3) is 0.151. The van der Waals surface area contributed by atoms with Crippen molar-refractivity contribution < 1.29 is 33.2 Å². The minimum Gasteiger partial charge on any atom is -0.403 e. The van der Waals surface area contributed by atoms with Gasteiger partial charge in [0.1, 0.15) is 23.5 Å². The van der Waals surface area contributed by atoms with Crippen LogP contribution in [0.3, 0.4) is 0 Å². The van der Waals surface area contributed by atoms with Gasteiger partial charge in [0.05, 0.1) is 141 Å². The van der Waals surface area contributed by atoms with Gasteiger partial charge in [-0.25, -0.2) is 13.2 Å². The van der Waals surface area contributed by atoms with E-state index in [0.717, 1.165) is 100 Å². The number of benzene rings is 14. The second-order valence-electron chi connectivity index (χ2n) is 31.9. The average molecular weight is 1710 g/mol. The van der Waals surface area contributed by atoms with Crippen molar-refractivity contribution in [2.45, 2.75) is 106 Å². The van der Waals surface area contributed by atoms with E-state index >= 15 is 4.39 Å². The zero-order chi connectivity index (χ0) is 86.7. The van der Waals surface area contributed by atoms with Crippen molar-refractivity contribution in [1.29, 1.82) is 31.6 Å². The van der Waals surface area contributed by atoms with Crippen molar-refractivity contribution in [2.24, 2.45) is 0 Å². The van der Waals surface area contributed by atoms with Crippen LogP contribution in [0, 0.1) is 85.4 Å². The molecule has 0 atom stereocenters. The molecule has 3 aliphatic rings. The molecular weight excluding hydrogens is 1620 g/mol. The van der Waals surface area contributed by atoms with Gasteiger partial charge in [-0.2, -0.15) is 31.6 Å². The van der Waals surface area contributed by atoms with Crippen molar-refractivity contribution in [3.05, 3.63) is 370 Å². The third kappa shape index (κ3) is 17.4. The Hall–Kier alpha value is -14.3. The Morgan fingerprint density at radius 3 is 0.936 bits per heavy atom. The molecule has 2 fully saturated rings. The van der Waals surface area contributed by atoms with Gasteiger partial charge in [0.25, 0.3) is 0 Å². The molecule has 5 heterocycles. The normalized spacial score (nSPS) is 13.7. The summed E-state index contributed by atoms with van der Waals surface area (Å²) in [5.74, 6) is -1.36. The summed E-state index contributed by atoms with van der Waals surface area (Å²) < 4.78 is 71.0. The average Bonchev–Trinajstić information content (AvgIpc) is 1.56. The fourth-order valence-corrected chi connectivity index (χ4v) is 16.3. The summed E-state index contributed by atoms with van der Waals surface area (Å²) in [6.07, 6.45) is 1.10. The third-order valence-corrected chi connectivity index (χ3v) is 23.9. The Balaban J connectivity index is 0.000000149. The molecule has 0 spiro atoms. The van der Waals surface area contributed by atoms with Crippen molar-refractivity contribution in [2.75, 3.05) is 0 Å². The number of rotatable bonds is 6. The summed E-state index contributed by atoms with van der Waals surface area (Å²) in [5.41, 5.74) is 18.6. The van der Waals surface area contributed by atoms with Crippen LogP contribution in [0.4, 0.5) is 13.2 Å². The van der Waals surface area contributed by atoms with Gasteiger partial charge in [-0.1, -0.05) is 185 Å². The monoisotopic (exact) mass is 1710 g/mol. The Labute approximate surface area is 737 Å². The van der Waals surface area contributed by atoms with E-state index in [1.54, 1.807) is 24.3 Å². The second kappa shape index (κ2) is 36.8. The summed E-state index contributed by atoms with van der Waals surface area (Å²) >= 11 is 2.96. The highest BCUT2D eigenvalue weighted by Crippen LogP contribution is 2.45. The van der Waals surface area contributed by atoms with Crippen LogP contribution in [0.25, 0.3) is 116 Å². The topological polar surface area (TPSA) is 194 Å². The number of fused-ring (bicyclic) bond motifs is 12. The second-order valence-corrected chi connectivity index (χ2v) is 32.8. The van der Waals surface area contributed by atoms with Crippen LogP contribution < -0.4 is 5.46 Å². The van der Waals surface area contributed by atoms with Crippen LogP contribution in [-0.4, -0.2) is 50.3 Å². The highest BCUT2D eigenvalue weighted by Gasteiger charge is 2.53. The largest absolute Gasteiger partial charge is 0.497 e. The molecule has 0 unspecified atom stereocenters. The number of aromatic nitrogens is 3. The van der Waals surface area contributed by atoms with E-state index in [1.165, 1.54) is 64.7 Å². The SMILES string of the molecule is C.C.CB1OC(C)(C)C(C)(C)O1.CC1(C)OB(c2cc(C#N)ccc2F)OC1(C)C.N#Cc1ccc(-n2c3ccccc3c3ccccc32)c(-c2cc(C#N)ccc2-n2c3ccccc3c3ccccc32)c1.N#Cc1ccc(-n2c3ccccc3c3ccccc32)c(-c2cccc(C#N)c2F)c1.N#Cc1ccc(F)c(Br)c1.[HH].c1ccc2c(c1)Cc1ccccc1-2. The quantitative estimate of drug-likeness (QED) is 0.145. The molecular formula is C106H89B2BrF3N9O4. The smallest absolute Gasteiger partial charge is 0.403 e. The number of hydrogen-bond acceptors (Lipinski definition) is 10. The Bertz CT molecular complexity index is 6890. The van der Waals surface area contributed by atoms with E-state index in [9.17, 15) is 29.8 Å². The lowest BCUT2D eigenvalue weighted by Crippen LogP contribution is -2.41. The van der Waals surface area contributed by atoms with Crippen LogP contribution in [0.1, 0.15) is 116 Å². The van der Waals surface area contributed by atoms with Crippen molar-refractivity contribution >= 4 is 101 Å². The summed E-state index contributed by atoms with van der Waals surface area (Å²) in [7, 11) is -0.840. The van der Waals surface area contributed by atoms with Crippen molar-refractivity contribution in [3.8, 4) is 86.9 Å². The van der Waals surface area contributed by atoms with Crippen LogP contribution >= 0.6 is 15.9 Å². The molecule has 3 aromatic heterocycles. The predicted molar refractivity (Wildman–Crippen MR) is 503 cm³/mol. The Kier molecular flexibility index (Phi) is 26.0. The Morgan fingerprint density at radius 1 is 0.320 bits per heavy atom. The lowest BCUT2D eigenvalue weighted by atomic mass is 9.78. The molecule has 1 aliphatic carbocycles. The predicted octanol–water partition coefficient (Wildman–Crippen LogP) is 26.6.